The van der Waals surface area contributed by atoms with Gasteiger partial charge in [-0.25, -0.2) is 19.6 Å². The Morgan fingerprint density at radius 2 is 1.82 bits per heavy atom. The second-order valence-electron chi connectivity index (χ2n) is 8.19. The van der Waals surface area contributed by atoms with Gasteiger partial charge in [-0.05, 0) is 45.7 Å². The summed E-state index contributed by atoms with van der Waals surface area (Å²) in [7, 11) is 1.34. The maximum Gasteiger partial charge on any atom is 0.410 e. The van der Waals surface area contributed by atoms with Crippen molar-refractivity contribution in [3.8, 4) is 0 Å². The molecule has 9 heteroatoms. The zero-order chi connectivity index (χ0) is 20.1. The fraction of sp³-hybridized carbons (Fsp3) is 0.579. The summed E-state index contributed by atoms with van der Waals surface area (Å²) in [5.74, 6) is -0.456. The predicted molar refractivity (Wildman–Crippen MR) is 106 cm³/mol. The van der Waals surface area contributed by atoms with E-state index in [0.717, 1.165) is 23.5 Å². The maximum atomic E-state index is 12.5. The highest BCUT2D eigenvalue weighted by molar-refractivity contribution is 7.21. The number of likely N-dealkylation sites (tertiary alicyclic amines) is 1. The van der Waals surface area contributed by atoms with E-state index in [4.69, 9.17) is 14.5 Å². The Morgan fingerprint density at radius 3 is 2.43 bits per heavy atom. The van der Waals surface area contributed by atoms with E-state index in [1.807, 2.05) is 25.7 Å². The van der Waals surface area contributed by atoms with Crippen molar-refractivity contribution in [1.29, 1.82) is 0 Å². The summed E-state index contributed by atoms with van der Waals surface area (Å²) in [5, 5.41) is 0.890. The van der Waals surface area contributed by atoms with E-state index < -0.39 is 11.6 Å². The zero-order valence-corrected chi connectivity index (χ0v) is 17.3. The third-order valence-electron chi connectivity index (χ3n) is 4.99. The Bertz CT molecular complexity index is 908. The molecular formula is C19H24N4O4S. The fourth-order valence-electron chi connectivity index (χ4n) is 3.83. The van der Waals surface area contributed by atoms with Crippen molar-refractivity contribution in [3.63, 3.8) is 0 Å². The first-order valence-electron chi connectivity index (χ1n) is 9.37. The van der Waals surface area contributed by atoms with Crippen LogP contribution in [-0.2, 0) is 9.47 Å². The molecule has 4 rings (SSSR count). The van der Waals surface area contributed by atoms with Gasteiger partial charge in [0.05, 0.1) is 7.11 Å². The van der Waals surface area contributed by atoms with Crippen molar-refractivity contribution >= 4 is 38.9 Å². The number of carbonyl (C=O) groups excluding carboxylic acids is 2. The third-order valence-corrected chi connectivity index (χ3v) is 5.97. The van der Waals surface area contributed by atoms with Crippen molar-refractivity contribution in [2.45, 2.75) is 51.3 Å². The molecule has 4 heterocycles. The van der Waals surface area contributed by atoms with Crippen molar-refractivity contribution in [1.82, 2.24) is 14.9 Å². The van der Waals surface area contributed by atoms with Crippen LogP contribution < -0.4 is 4.90 Å². The van der Waals surface area contributed by atoms with Gasteiger partial charge in [0.1, 0.15) is 21.6 Å². The van der Waals surface area contributed by atoms with E-state index in [0.29, 0.717) is 17.9 Å². The van der Waals surface area contributed by atoms with E-state index in [2.05, 4.69) is 9.88 Å². The van der Waals surface area contributed by atoms with Crippen LogP contribution >= 0.6 is 11.3 Å². The lowest BCUT2D eigenvalue weighted by Gasteiger charge is -2.41. The molecule has 8 nitrogen and oxygen atoms in total. The van der Waals surface area contributed by atoms with Crippen molar-refractivity contribution in [3.05, 3.63) is 17.8 Å². The number of carbonyl (C=O) groups is 2. The number of nitrogens with zero attached hydrogens (tertiary/aromatic N) is 4. The van der Waals surface area contributed by atoms with Gasteiger partial charge in [-0.1, -0.05) is 11.3 Å². The number of anilines is 1. The summed E-state index contributed by atoms with van der Waals surface area (Å²) in [6.45, 7) is 6.90. The first kappa shape index (κ1) is 18.9. The molecule has 2 bridgehead atoms. The smallest absolute Gasteiger partial charge is 0.410 e. The van der Waals surface area contributed by atoms with E-state index in [-0.39, 0.29) is 23.9 Å². The molecular weight excluding hydrogens is 380 g/mol. The second kappa shape index (κ2) is 6.88. The van der Waals surface area contributed by atoms with Crippen LogP contribution in [0.2, 0.25) is 0 Å². The SMILES string of the molecule is COC(=O)c1ccc2nc(N3C4CCC3CN(C(=O)OC(C)(C)C)C4)sc2n1. The Kier molecular flexibility index (Phi) is 4.65. The van der Waals surface area contributed by atoms with E-state index in [1.165, 1.54) is 18.4 Å². The molecule has 2 aliphatic rings. The van der Waals surface area contributed by atoms with E-state index in [9.17, 15) is 9.59 Å². The van der Waals surface area contributed by atoms with Crippen molar-refractivity contribution in [2.24, 2.45) is 0 Å². The molecule has 2 aromatic heterocycles. The van der Waals surface area contributed by atoms with Gasteiger partial charge < -0.3 is 19.3 Å². The third kappa shape index (κ3) is 3.50. The number of hydrogen-bond acceptors (Lipinski definition) is 8. The fourth-order valence-corrected chi connectivity index (χ4v) is 4.91. The molecule has 0 spiro atoms. The van der Waals surface area contributed by atoms with Crippen LogP contribution in [0.5, 0.6) is 0 Å². The molecule has 0 radical (unpaired) electrons. The molecule has 2 aromatic rings. The Labute approximate surface area is 167 Å². The van der Waals surface area contributed by atoms with Crippen LogP contribution in [0.3, 0.4) is 0 Å². The van der Waals surface area contributed by atoms with Gasteiger partial charge in [-0.15, -0.1) is 0 Å². The average molecular weight is 404 g/mol. The molecule has 2 atom stereocenters. The Hall–Kier alpha value is -2.42. The Morgan fingerprint density at radius 1 is 1.14 bits per heavy atom. The molecule has 150 valence electrons. The highest BCUT2D eigenvalue weighted by Crippen LogP contribution is 2.38. The second-order valence-corrected chi connectivity index (χ2v) is 9.14. The lowest BCUT2D eigenvalue weighted by molar-refractivity contribution is 0.0209. The minimum absolute atomic E-state index is 0.215. The van der Waals surface area contributed by atoms with Gasteiger partial charge in [-0.2, -0.15) is 0 Å². The largest absolute Gasteiger partial charge is 0.464 e. The minimum Gasteiger partial charge on any atom is -0.464 e. The normalized spacial score (nSPS) is 21.9. The van der Waals surface area contributed by atoms with E-state index >= 15 is 0 Å². The monoisotopic (exact) mass is 404 g/mol. The van der Waals surface area contributed by atoms with Gasteiger partial charge in [0.2, 0.25) is 0 Å². The van der Waals surface area contributed by atoms with Crippen LogP contribution in [0.4, 0.5) is 9.93 Å². The maximum absolute atomic E-state index is 12.5. The van der Waals surface area contributed by atoms with Gasteiger partial charge >= 0.3 is 12.1 Å². The number of esters is 1. The standard InChI is InChI=1S/C19H24N4O4S/c1-19(2,3)27-18(25)22-9-11-5-6-12(10-22)23(11)17-21-13-7-8-14(16(24)26-4)20-15(13)28-17/h7-8,11-12H,5-6,9-10H2,1-4H3. The molecule has 1 amide bonds. The molecule has 2 saturated heterocycles. The molecule has 2 unspecified atom stereocenters. The number of pyridine rings is 1. The van der Waals surface area contributed by atoms with Crippen molar-refractivity contribution < 1.29 is 19.1 Å². The van der Waals surface area contributed by atoms with Crippen LogP contribution in [-0.4, -0.2) is 64.8 Å². The van der Waals surface area contributed by atoms with Gasteiger partial charge in [-0.3, -0.25) is 0 Å². The Balaban J connectivity index is 1.55. The van der Waals surface area contributed by atoms with Crippen LogP contribution in [0.25, 0.3) is 10.3 Å². The summed E-state index contributed by atoms with van der Waals surface area (Å²) in [6.07, 6.45) is 1.78. The zero-order valence-electron chi connectivity index (χ0n) is 16.5. The molecule has 0 aliphatic carbocycles. The van der Waals surface area contributed by atoms with Gasteiger partial charge in [0.25, 0.3) is 0 Å². The number of ether oxygens (including phenoxy) is 2. The molecule has 28 heavy (non-hydrogen) atoms. The average Bonchev–Trinajstić information content (AvgIpc) is 3.16. The van der Waals surface area contributed by atoms with Crippen LogP contribution in [0.15, 0.2) is 12.1 Å². The van der Waals surface area contributed by atoms with E-state index in [1.54, 1.807) is 12.1 Å². The molecule has 0 aromatic carbocycles. The number of amides is 1. The lowest BCUT2D eigenvalue weighted by Crippen LogP contribution is -2.56. The summed E-state index contributed by atoms with van der Waals surface area (Å²) in [5.41, 5.74) is 0.549. The highest BCUT2D eigenvalue weighted by Gasteiger charge is 2.43. The quantitative estimate of drug-likeness (QED) is 0.711. The first-order chi connectivity index (χ1) is 13.2. The number of aromatic nitrogens is 2. The van der Waals surface area contributed by atoms with Crippen LogP contribution in [0, 0.1) is 0 Å². The number of piperazine rings is 1. The van der Waals surface area contributed by atoms with Gasteiger partial charge in [0, 0.05) is 25.2 Å². The minimum atomic E-state index is -0.497. The van der Waals surface area contributed by atoms with Gasteiger partial charge in [0.15, 0.2) is 5.13 Å². The number of rotatable bonds is 2. The lowest BCUT2D eigenvalue weighted by atomic mass is 10.2. The first-order valence-corrected chi connectivity index (χ1v) is 10.2. The molecule has 0 N–H and O–H groups in total. The van der Waals surface area contributed by atoms with Crippen LogP contribution in [0.1, 0.15) is 44.1 Å². The number of thiazole rings is 1. The molecule has 2 fully saturated rings. The molecule has 0 saturated carbocycles. The topological polar surface area (TPSA) is 84.9 Å². The predicted octanol–water partition coefficient (Wildman–Crippen LogP) is 3.07. The summed E-state index contributed by atoms with van der Waals surface area (Å²) < 4.78 is 10.3. The summed E-state index contributed by atoms with van der Waals surface area (Å²) in [6, 6.07) is 3.86. The molecule has 2 aliphatic heterocycles. The van der Waals surface area contributed by atoms with Crippen molar-refractivity contribution in [2.75, 3.05) is 25.1 Å². The highest BCUT2D eigenvalue weighted by atomic mass is 32.1. The summed E-state index contributed by atoms with van der Waals surface area (Å²) in [4.78, 5) is 38.1. The summed E-state index contributed by atoms with van der Waals surface area (Å²) >= 11 is 1.47. The number of hydrogen-bond donors (Lipinski definition) is 0. The number of fused-ring (bicyclic) bond motifs is 3. The number of methoxy groups -OCH3 is 1.